The summed E-state index contributed by atoms with van der Waals surface area (Å²) in [5.74, 6) is 0.535. The third-order valence-electron chi connectivity index (χ3n) is 3.64. The number of benzene rings is 2. The molecule has 1 amide bonds. The van der Waals surface area contributed by atoms with Crippen LogP contribution in [0.2, 0.25) is 0 Å². The second-order valence-corrected chi connectivity index (χ2v) is 7.71. The second-order valence-electron chi connectivity index (χ2n) is 6.14. The third-order valence-corrected chi connectivity index (χ3v) is 4.53. The highest BCUT2D eigenvalue weighted by Gasteiger charge is 2.09. The van der Waals surface area contributed by atoms with Crippen molar-refractivity contribution >= 4 is 34.9 Å². The molecule has 6 nitrogen and oxygen atoms in total. The number of rotatable bonds is 7. The van der Waals surface area contributed by atoms with Gasteiger partial charge in [-0.1, -0.05) is 25.6 Å². The standard InChI is InChI=1S/C20H22N4O2S/c1-4-26-16-8-5-14(6-9-16)12-21-24-19(25)15-7-10-17-18(11-15)23-20(22-17)27-13(2)3/h5-13H,4H2,1-3H3,(H,22,23)(H,24,25)/b21-12-. The lowest BCUT2D eigenvalue weighted by atomic mass is 10.2. The van der Waals surface area contributed by atoms with Gasteiger partial charge in [-0.05, 0) is 55.0 Å². The fourth-order valence-electron chi connectivity index (χ4n) is 2.45. The number of thioether (sulfide) groups is 1. The van der Waals surface area contributed by atoms with Crippen LogP contribution >= 0.6 is 11.8 Å². The summed E-state index contributed by atoms with van der Waals surface area (Å²) in [6.45, 7) is 6.79. The number of imidazole rings is 1. The van der Waals surface area contributed by atoms with Gasteiger partial charge in [-0.2, -0.15) is 5.10 Å². The summed E-state index contributed by atoms with van der Waals surface area (Å²) >= 11 is 1.65. The molecule has 0 atom stereocenters. The SMILES string of the molecule is CCOc1ccc(/C=N\NC(=O)c2ccc3nc(SC(C)C)[nH]c3c2)cc1. The summed E-state index contributed by atoms with van der Waals surface area (Å²) in [5, 5.41) is 5.31. The monoisotopic (exact) mass is 382 g/mol. The van der Waals surface area contributed by atoms with E-state index >= 15 is 0 Å². The Hall–Kier alpha value is -2.80. The van der Waals surface area contributed by atoms with E-state index in [0.717, 1.165) is 27.5 Å². The number of hydrogen-bond donors (Lipinski definition) is 2. The fraction of sp³-hybridized carbons (Fsp3) is 0.250. The van der Waals surface area contributed by atoms with Gasteiger partial charge in [0.1, 0.15) is 5.75 Å². The third kappa shape index (κ3) is 5.10. The Morgan fingerprint density at radius 1 is 1.30 bits per heavy atom. The summed E-state index contributed by atoms with van der Waals surface area (Å²) in [4.78, 5) is 20.1. The van der Waals surface area contributed by atoms with Crippen molar-refractivity contribution in [1.82, 2.24) is 15.4 Å². The van der Waals surface area contributed by atoms with Gasteiger partial charge in [-0.15, -0.1) is 0 Å². The van der Waals surface area contributed by atoms with Gasteiger partial charge < -0.3 is 9.72 Å². The molecule has 3 aromatic rings. The number of hydrogen-bond acceptors (Lipinski definition) is 5. The van der Waals surface area contributed by atoms with Crippen LogP contribution in [0.5, 0.6) is 5.75 Å². The first-order valence-electron chi connectivity index (χ1n) is 8.78. The number of nitrogens with zero attached hydrogens (tertiary/aromatic N) is 2. The molecule has 0 bridgehead atoms. The number of carbonyl (C=O) groups is 1. The Kier molecular flexibility index (Phi) is 6.13. The molecule has 0 aliphatic rings. The van der Waals surface area contributed by atoms with Crippen LogP contribution in [-0.2, 0) is 0 Å². The number of aromatic nitrogens is 2. The van der Waals surface area contributed by atoms with Gasteiger partial charge >= 0.3 is 0 Å². The fourth-order valence-corrected chi connectivity index (χ4v) is 3.22. The van der Waals surface area contributed by atoms with Crippen LogP contribution in [0.15, 0.2) is 52.7 Å². The molecule has 7 heteroatoms. The highest BCUT2D eigenvalue weighted by Crippen LogP contribution is 2.23. The molecule has 0 spiro atoms. The smallest absolute Gasteiger partial charge is 0.271 e. The van der Waals surface area contributed by atoms with Crippen LogP contribution in [0, 0.1) is 0 Å². The van der Waals surface area contributed by atoms with E-state index in [9.17, 15) is 4.79 Å². The van der Waals surface area contributed by atoms with Crippen molar-refractivity contribution in [1.29, 1.82) is 0 Å². The average Bonchev–Trinajstić information content (AvgIpc) is 3.03. The zero-order chi connectivity index (χ0) is 19.2. The number of H-pyrrole nitrogens is 1. The van der Waals surface area contributed by atoms with Crippen molar-refractivity contribution in [3.8, 4) is 5.75 Å². The molecule has 0 fully saturated rings. The molecule has 2 N–H and O–H groups in total. The van der Waals surface area contributed by atoms with Crippen LogP contribution in [0.1, 0.15) is 36.7 Å². The molecule has 140 valence electrons. The van der Waals surface area contributed by atoms with Crippen molar-refractivity contribution in [2.45, 2.75) is 31.2 Å². The highest BCUT2D eigenvalue weighted by molar-refractivity contribution is 7.99. The predicted molar refractivity (Wildman–Crippen MR) is 110 cm³/mol. The molecule has 0 saturated carbocycles. The topological polar surface area (TPSA) is 79.4 Å². The number of ether oxygens (including phenoxy) is 1. The molecule has 0 unspecified atom stereocenters. The highest BCUT2D eigenvalue weighted by atomic mass is 32.2. The lowest BCUT2D eigenvalue weighted by Crippen LogP contribution is -2.17. The van der Waals surface area contributed by atoms with E-state index in [2.05, 4.69) is 34.3 Å². The Balaban J connectivity index is 1.64. The van der Waals surface area contributed by atoms with Crippen LogP contribution in [-0.4, -0.2) is 33.9 Å². The average molecular weight is 382 g/mol. The Labute approximate surface area is 162 Å². The van der Waals surface area contributed by atoms with Crippen molar-refractivity contribution in [2.24, 2.45) is 5.10 Å². The first-order valence-corrected chi connectivity index (χ1v) is 9.66. The molecule has 0 saturated heterocycles. The molecule has 2 aromatic carbocycles. The summed E-state index contributed by atoms with van der Waals surface area (Å²) in [6, 6.07) is 12.9. The van der Waals surface area contributed by atoms with Gasteiger partial charge in [0.2, 0.25) is 0 Å². The second kappa shape index (κ2) is 8.73. The van der Waals surface area contributed by atoms with Crippen LogP contribution in [0.3, 0.4) is 0 Å². The van der Waals surface area contributed by atoms with E-state index in [4.69, 9.17) is 4.74 Å². The van der Waals surface area contributed by atoms with Crippen molar-refractivity contribution < 1.29 is 9.53 Å². The molecule has 0 radical (unpaired) electrons. The summed E-state index contributed by atoms with van der Waals surface area (Å²) in [6.07, 6.45) is 1.60. The zero-order valence-electron chi connectivity index (χ0n) is 15.5. The van der Waals surface area contributed by atoms with E-state index in [1.54, 1.807) is 30.1 Å². The van der Waals surface area contributed by atoms with Gasteiger partial charge in [0.05, 0.1) is 23.9 Å². The van der Waals surface area contributed by atoms with Crippen LogP contribution in [0.25, 0.3) is 11.0 Å². The molecule has 3 rings (SSSR count). The summed E-state index contributed by atoms with van der Waals surface area (Å²) in [7, 11) is 0. The molecule has 1 aromatic heterocycles. The zero-order valence-corrected chi connectivity index (χ0v) is 16.3. The van der Waals surface area contributed by atoms with Gasteiger partial charge in [-0.3, -0.25) is 4.79 Å². The first-order chi connectivity index (χ1) is 13.0. The van der Waals surface area contributed by atoms with E-state index in [1.807, 2.05) is 37.3 Å². The van der Waals surface area contributed by atoms with E-state index in [0.29, 0.717) is 17.4 Å². The molecular formula is C20H22N4O2S. The molecular weight excluding hydrogens is 360 g/mol. The number of nitrogens with one attached hydrogen (secondary N) is 2. The Morgan fingerprint density at radius 2 is 2.07 bits per heavy atom. The largest absolute Gasteiger partial charge is 0.494 e. The van der Waals surface area contributed by atoms with Gasteiger partial charge in [0, 0.05) is 10.8 Å². The van der Waals surface area contributed by atoms with Crippen molar-refractivity contribution in [3.63, 3.8) is 0 Å². The quantitative estimate of drug-likeness (QED) is 0.364. The number of carbonyl (C=O) groups excluding carboxylic acids is 1. The molecule has 0 aliphatic heterocycles. The van der Waals surface area contributed by atoms with Gasteiger partial charge in [0.15, 0.2) is 5.16 Å². The maximum absolute atomic E-state index is 12.3. The number of fused-ring (bicyclic) bond motifs is 1. The minimum atomic E-state index is -0.272. The van der Waals surface area contributed by atoms with E-state index in [1.165, 1.54) is 0 Å². The number of aromatic amines is 1. The van der Waals surface area contributed by atoms with Crippen LogP contribution < -0.4 is 10.2 Å². The Bertz CT molecular complexity index is 948. The van der Waals surface area contributed by atoms with Gasteiger partial charge in [0.25, 0.3) is 5.91 Å². The maximum atomic E-state index is 12.3. The summed E-state index contributed by atoms with van der Waals surface area (Å²) in [5.41, 5.74) is 5.62. The van der Waals surface area contributed by atoms with Gasteiger partial charge in [-0.25, -0.2) is 10.4 Å². The molecule has 1 heterocycles. The van der Waals surface area contributed by atoms with E-state index in [-0.39, 0.29) is 5.91 Å². The normalized spacial score (nSPS) is 11.4. The van der Waals surface area contributed by atoms with Crippen molar-refractivity contribution in [2.75, 3.05) is 6.61 Å². The first kappa shape index (κ1) is 19.0. The van der Waals surface area contributed by atoms with Crippen LogP contribution in [0.4, 0.5) is 0 Å². The minimum absolute atomic E-state index is 0.272. The molecule has 0 aliphatic carbocycles. The molecule has 27 heavy (non-hydrogen) atoms. The summed E-state index contributed by atoms with van der Waals surface area (Å²) < 4.78 is 5.40. The van der Waals surface area contributed by atoms with Crippen molar-refractivity contribution in [3.05, 3.63) is 53.6 Å². The number of hydrazone groups is 1. The predicted octanol–water partition coefficient (Wildman–Crippen LogP) is 4.23. The number of amides is 1. The minimum Gasteiger partial charge on any atom is -0.494 e. The lowest BCUT2D eigenvalue weighted by Gasteiger charge is -2.02. The van der Waals surface area contributed by atoms with E-state index < -0.39 is 0 Å². The Morgan fingerprint density at radius 3 is 2.78 bits per heavy atom. The maximum Gasteiger partial charge on any atom is 0.271 e. The lowest BCUT2D eigenvalue weighted by molar-refractivity contribution is 0.0955.